The molecule has 1 aliphatic rings. The number of nitrogens with two attached hydrogens (primary N) is 1. The van der Waals surface area contributed by atoms with Gasteiger partial charge in [-0.1, -0.05) is 25.9 Å². The van der Waals surface area contributed by atoms with Crippen LogP contribution in [0.1, 0.15) is 52.9 Å². The molecule has 0 radical (unpaired) electrons. The van der Waals surface area contributed by atoms with Crippen LogP contribution in [0.15, 0.2) is 5.16 Å². The number of hydrogen-bond donors (Lipinski definition) is 3. The van der Waals surface area contributed by atoms with Crippen molar-refractivity contribution in [3.8, 4) is 0 Å². The molecule has 0 amide bonds. The number of hydrogen-bond acceptors (Lipinski definition) is 3. The van der Waals surface area contributed by atoms with Crippen molar-refractivity contribution in [1.29, 1.82) is 0 Å². The van der Waals surface area contributed by atoms with Crippen LogP contribution in [-0.2, 0) is 0 Å². The van der Waals surface area contributed by atoms with Gasteiger partial charge in [0.2, 0.25) is 0 Å². The summed E-state index contributed by atoms with van der Waals surface area (Å²) in [6.07, 6.45) is 5.38. The molecule has 0 aliphatic heterocycles. The topological polar surface area (TPSA) is 70.6 Å². The highest BCUT2D eigenvalue weighted by Gasteiger charge is 2.31. The Morgan fingerprint density at radius 1 is 1.62 bits per heavy atom. The summed E-state index contributed by atoms with van der Waals surface area (Å²) in [7, 11) is 0. The lowest BCUT2D eigenvalue weighted by Gasteiger charge is -2.23. The predicted octanol–water partition coefficient (Wildman–Crippen LogP) is 2.07. The van der Waals surface area contributed by atoms with Gasteiger partial charge in [0.05, 0.1) is 0 Å². The van der Waals surface area contributed by atoms with Crippen molar-refractivity contribution in [2.45, 2.75) is 65.0 Å². The van der Waals surface area contributed by atoms with Crippen molar-refractivity contribution in [2.24, 2.45) is 16.3 Å². The molecular weight excluding hydrogens is 202 g/mol. The maximum Gasteiger partial charge on any atom is 0.140 e. The average molecular weight is 227 g/mol. The molecule has 94 valence electrons. The second-order valence-electron chi connectivity index (χ2n) is 5.67. The van der Waals surface area contributed by atoms with Gasteiger partial charge in [0, 0.05) is 18.5 Å². The zero-order chi connectivity index (χ0) is 12.2. The SMILES string of the molecule is CCC(CC(N)=NO)NC1CCC(C)(C)C1. The summed E-state index contributed by atoms with van der Waals surface area (Å²) in [5, 5.41) is 15.2. The first-order valence-corrected chi connectivity index (χ1v) is 6.19. The highest BCUT2D eigenvalue weighted by Crippen LogP contribution is 2.37. The van der Waals surface area contributed by atoms with Gasteiger partial charge in [-0.05, 0) is 31.1 Å². The molecule has 0 spiro atoms. The Morgan fingerprint density at radius 2 is 2.31 bits per heavy atom. The van der Waals surface area contributed by atoms with E-state index >= 15 is 0 Å². The maximum absolute atomic E-state index is 8.56. The lowest BCUT2D eigenvalue weighted by atomic mass is 9.91. The number of nitrogens with one attached hydrogen (secondary N) is 1. The lowest BCUT2D eigenvalue weighted by Crippen LogP contribution is -2.39. The van der Waals surface area contributed by atoms with E-state index in [1.165, 1.54) is 19.3 Å². The van der Waals surface area contributed by atoms with E-state index in [0.29, 0.717) is 29.8 Å². The Balaban J connectivity index is 2.40. The molecule has 2 unspecified atom stereocenters. The molecule has 1 aliphatic carbocycles. The highest BCUT2D eigenvalue weighted by molar-refractivity contribution is 5.80. The van der Waals surface area contributed by atoms with Gasteiger partial charge in [-0.2, -0.15) is 0 Å². The van der Waals surface area contributed by atoms with Crippen LogP contribution in [0.4, 0.5) is 0 Å². The van der Waals surface area contributed by atoms with Crippen LogP contribution >= 0.6 is 0 Å². The van der Waals surface area contributed by atoms with Gasteiger partial charge in [-0.15, -0.1) is 0 Å². The van der Waals surface area contributed by atoms with E-state index in [0.717, 1.165) is 6.42 Å². The molecule has 1 saturated carbocycles. The molecule has 0 saturated heterocycles. The van der Waals surface area contributed by atoms with Crippen molar-refractivity contribution in [3.63, 3.8) is 0 Å². The van der Waals surface area contributed by atoms with Gasteiger partial charge in [0.25, 0.3) is 0 Å². The summed E-state index contributed by atoms with van der Waals surface area (Å²) in [6, 6.07) is 0.918. The molecule has 2 atom stereocenters. The van der Waals surface area contributed by atoms with E-state index in [1.54, 1.807) is 0 Å². The van der Waals surface area contributed by atoms with Crippen LogP contribution in [0.2, 0.25) is 0 Å². The fourth-order valence-electron chi connectivity index (χ4n) is 2.53. The van der Waals surface area contributed by atoms with Crippen molar-refractivity contribution in [3.05, 3.63) is 0 Å². The van der Waals surface area contributed by atoms with Gasteiger partial charge < -0.3 is 16.3 Å². The normalized spacial score (nSPS) is 26.9. The molecule has 0 heterocycles. The fourth-order valence-corrected chi connectivity index (χ4v) is 2.53. The largest absolute Gasteiger partial charge is 0.409 e. The minimum absolute atomic E-state index is 0.316. The van der Waals surface area contributed by atoms with Gasteiger partial charge in [-0.3, -0.25) is 0 Å². The van der Waals surface area contributed by atoms with Gasteiger partial charge in [0.15, 0.2) is 0 Å². The molecule has 1 rings (SSSR count). The van der Waals surface area contributed by atoms with E-state index in [9.17, 15) is 0 Å². The van der Waals surface area contributed by atoms with Crippen LogP contribution < -0.4 is 11.1 Å². The number of rotatable bonds is 5. The van der Waals surface area contributed by atoms with E-state index in [-0.39, 0.29) is 0 Å². The lowest BCUT2D eigenvalue weighted by molar-refractivity contribution is 0.313. The number of amidine groups is 1. The first kappa shape index (κ1) is 13.3. The van der Waals surface area contributed by atoms with Gasteiger partial charge in [0.1, 0.15) is 5.84 Å². The summed E-state index contributed by atoms with van der Waals surface area (Å²) in [5.74, 6) is 0.316. The Labute approximate surface area is 98.3 Å². The number of nitrogens with zero attached hydrogens (tertiary/aromatic N) is 1. The molecular formula is C12H25N3O. The quantitative estimate of drug-likeness (QED) is 0.291. The first-order valence-electron chi connectivity index (χ1n) is 6.19. The zero-order valence-electron chi connectivity index (χ0n) is 10.7. The smallest absolute Gasteiger partial charge is 0.140 e. The Bertz CT molecular complexity index is 251. The summed E-state index contributed by atoms with van der Waals surface area (Å²) >= 11 is 0. The standard InChI is InChI=1S/C12H25N3O/c1-4-9(7-11(13)15-16)14-10-5-6-12(2,3)8-10/h9-10,14,16H,4-8H2,1-3H3,(H2,13,15). The average Bonchev–Trinajstić information content (AvgIpc) is 2.56. The monoisotopic (exact) mass is 227 g/mol. The van der Waals surface area contributed by atoms with Crippen molar-refractivity contribution in [2.75, 3.05) is 0 Å². The van der Waals surface area contributed by atoms with E-state index in [2.05, 4.69) is 31.2 Å². The van der Waals surface area contributed by atoms with Crippen LogP contribution in [0.3, 0.4) is 0 Å². The molecule has 4 heteroatoms. The summed E-state index contributed by atoms with van der Waals surface area (Å²) in [6.45, 7) is 6.76. The van der Waals surface area contributed by atoms with E-state index in [1.807, 2.05) is 0 Å². The highest BCUT2D eigenvalue weighted by atomic mass is 16.4. The second-order valence-corrected chi connectivity index (χ2v) is 5.67. The van der Waals surface area contributed by atoms with Crippen LogP contribution in [-0.4, -0.2) is 23.1 Å². The molecule has 0 aromatic carbocycles. The third-order valence-electron chi connectivity index (χ3n) is 3.52. The van der Waals surface area contributed by atoms with E-state index in [4.69, 9.17) is 10.9 Å². The molecule has 4 nitrogen and oxygen atoms in total. The summed E-state index contributed by atoms with van der Waals surface area (Å²) in [4.78, 5) is 0. The van der Waals surface area contributed by atoms with Gasteiger partial charge >= 0.3 is 0 Å². The minimum Gasteiger partial charge on any atom is -0.409 e. The third kappa shape index (κ3) is 4.00. The Kier molecular flexibility index (Phi) is 4.59. The molecule has 0 aromatic heterocycles. The van der Waals surface area contributed by atoms with E-state index < -0.39 is 0 Å². The zero-order valence-corrected chi connectivity index (χ0v) is 10.7. The molecule has 1 fully saturated rings. The third-order valence-corrected chi connectivity index (χ3v) is 3.52. The van der Waals surface area contributed by atoms with Crippen molar-refractivity contribution >= 4 is 5.84 Å². The van der Waals surface area contributed by atoms with Crippen molar-refractivity contribution < 1.29 is 5.21 Å². The summed E-state index contributed by atoms with van der Waals surface area (Å²) < 4.78 is 0. The van der Waals surface area contributed by atoms with Crippen molar-refractivity contribution in [1.82, 2.24) is 5.32 Å². The molecule has 16 heavy (non-hydrogen) atoms. The minimum atomic E-state index is 0.316. The molecule has 4 N–H and O–H groups in total. The van der Waals surface area contributed by atoms with Crippen LogP contribution in [0.25, 0.3) is 0 Å². The second kappa shape index (κ2) is 5.53. The Hall–Kier alpha value is -0.770. The maximum atomic E-state index is 8.56. The first-order chi connectivity index (χ1) is 7.46. The molecule has 0 aromatic rings. The predicted molar refractivity (Wildman–Crippen MR) is 66.7 cm³/mol. The molecule has 0 bridgehead atoms. The van der Waals surface area contributed by atoms with Crippen LogP contribution in [0, 0.1) is 5.41 Å². The number of oxime groups is 1. The fraction of sp³-hybridized carbons (Fsp3) is 0.917. The summed E-state index contributed by atoms with van der Waals surface area (Å²) in [5.41, 5.74) is 6.00. The van der Waals surface area contributed by atoms with Gasteiger partial charge in [-0.25, -0.2) is 0 Å². The van der Waals surface area contributed by atoms with Crippen LogP contribution in [0.5, 0.6) is 0 Å². The Morgan fingerprint density at radius 3 is 2.75 bits per heavy atom.